The Labute approximate surface area is 102 Å². The van der Waals surface area contributed by atoms with Crippen LogP contribution in [0, 0.1) is 5.92 Å². The highest BCUT2D eigenvalue weighted by Crippen LogP contribution is 2.16. The molecule has 1 aliphatic rings. The van der Waals surface area contributed by atoms with Gasteiger partial charge in [0.05, 0.1) is 6.54 Å². The van der Waals surface area contributed by atoms with Crippen molar-refractivity contribution in [3.05, 3.63) is 11.7 Å². The summed E-state index contributed by atoms with van der Waals surface area (Å²) in [7, 11) is 0. The molecule has 2 rings (SSSR count). The zero-order chi connectivity index (χ0) is 12.1. The van der Waals surface area contributed by atoms with Crippen LogP contribution in [0.4, 0.5) is 0 Å². The fourth-order valence-electron chi connectivity index (χ4n) is 2.36. The molecule has 1 unspecified atom stereocenters. The van der Waals surface area contributed by atoms with E-state index >= 15 is 0 Å². The van der Waals surface area contributed by atoms with Gasteiger partial charge < -0.3 is 10.3 Å². The topological polar surface area (TPSA) is 68.2 Å². The van der Waals surface area contributed by atoms with Crippen LogP contribution in [-0.4, -0.2) is 34.7 Å². The number of aryl methyl sites for hydroxylation is 1. The van der Waals surface area contributed by atoms with Gasteiger partial charge in [0, 0.05) is 13.0 Å². The second kappa shape index (κ2) is 6.12. The molecule has 0 aliphatic carbocycles. The molecule has 0 saturated carbocycles. The van der Waals surface area contributed by atoms with E-state index in [0.29, 0.717) is 5.92 Å². The van der Waals surface area contributed by atoms with Crippen LogP contribution >= 0.6 is 0 Å². The first-order valence-electron chi connectivity index (χ1n) is 6.55. The Morgan fingerprint density at radius 1 is 1.53 bits per heavy atom. The summed E-state index contributed by atoms with van der Waals surface area (Å²) in [4.78, 5) is 6.77. The molecule has 17 heavy (non-hydrogen) atoms. The first kappa shape index (κ1) is 12.5. The van der Waals surface area contributed by atoms with Crippen molar-refractivity contribution in [2.75, 3.05) is 19.6 Å². The van der Waals surface area contributed by atoms with Gasteiger partial charge in [-0.2, -0.15) is 4.98 Å². The van der Waals surface area contributed by atoms with Crippen LogP contribution < -0.4 is 5.73 Å². The molecule has 96 valence electrons. The maximum absolute atomic E-state index is 5.73. The van der Waals surface area contributed by atoms with E-state index in [4.69, 9.17) is 10.3 Å². The molecule has 0 amide bonds. The Morgan fingerprint density at radius 3 is 3.18 bits per heavy atom. The lowest BCUT2D eigenvalue weighted by Crippen LogP contribution is -2.38. The molecule has 1 saturated heterocycles. The maximum atomic E-state index is 5.73. The van der Waals surface area contributed by atoms with Crippen molar-refractivity contribution in [2.24, 2.45) is 11.7 Å². The summed E-state index contributed by atoms with van der Waals surface area (Å²) in [6.45, 7) is 5.87. The predicted molar refractivity (Wildman–Crippen MR) is 65.3 cm³/mol. The highest BCUT2D eigenvalue weighted by Gasteiger charge is 2.20. The minimum absolute atomic E-state index is 0.630. The van der Waals surface area contributed by atoms with E-state index in [9.17, 15) is 0 Å². The Balaban J connectivity index is 1.86. The minimum Gasteiger partial charge on any atom is -0.339 e. The summed E-state index contributed by atoms with van der Waals surface area (Å²) in [5, 5.41) is 4.02. The van der Waals surface area contributed by atoms with Crippen molar-refractivity contribution in [3.8, 4) is 0 Å². The van der Waals surface area contributed by atoms with Gasteiger partial charge in [0.15, 0.2) is 5.82 Å². The van der Waals surface area contributed by atoms with Crippen LogP contribution in [0.1, 0.15) is 37.9 Å². The normalized spacial score (nSPS) is 21.9. The molecular weight excluding hydrogens is 216 g/mol. The van der Waals surface area contributed by atoms with Crippen LogP contribution in [0.25, 0.3) is 0 Å². The molecule has 2 N–H and O–H groups in total. The molecule has 0 aromatic carbocycles. The lowest BCUT2D eigenvalue weighted by molar-refractivity contribution is 0.166. The van der Waals surface area contributed by atoms with Crippen molar-refractivity contribution in [3.63, 3.8) is 0 Å². The second-order valence-corrected chi connectivity index (χ2v) is 4.83. The second-order valence-electron chi connectivity index (χ2n) is 4.83. The van der Waals surface area contributed by atoms with Gasteiger partial charge in [-0.15, -0.1) is 0 Å². The number of hydrogen-bond donors (Lipinski definition) is 1. The summed E-state index contributed by atoms with van der Waals surface area (Å²) in [6.07, 6.45) is 4.39. The lowest BCUT2D eigenvalue weighted by Gasteiger charge is -2.30. The largest absolute Gasteiger partial charge is 0.339 e. The SMILES string of the molecule is CCCc1nc(CN2CCCC(CN)C2)no1. The number of rotatable bonds is 5. The number of nitrogens with zero attached hydrogens (tertiary/aromatic N) is 3. The Morgan fingerprint density at radius 2 is 2.41 bits per heavy atom. The standard InChI is InChI=1S/C12H22N4O/c1-2-4-12-14-11(15-17-12)9-16-6-3-5-10(7-13)8-16/h10H,2-9,13H2,1H3. The summed E-state index contributed by atoms with van der Waals surface area (Å²) in [6, 6.07) is 0. The van der Waals surface area contributed by atoms with Crippen LogP contribution in [-0.2, 0) is 13.0 Å². The first-order valence-corrected chi connectivity index (χ1v) is 6.55. The van der Waals surface area contributed by atoms with Gasteiger partial charge in [0.25, 0.3) is 0 Å². The van der Waals surface area contributed by atoms with E-state index in [2.05, 4.69) is 22.0 Å². The fraction of sp³-hybridized carbons (Fsp3) is 0.833. The molecule has 0 radical (unpaired) electrons. The molecule has 1 aliphatic heterocycles. The molecule has 0 spiro atoms. The maximum Gasteiger partial charge on any atom is 0.226 e. The number of hydrogen-bond acceptors (Lipinski definition) is 5. The Hall–Kier alpha value is -0.940. The van der Waals surface area contributed by atoms with Crippen LogP contribution in [0.2, 0.25) is 0 Å². The lowest BCUT2D eigenvalue weighted by atomic mass is 9.98. The van der Waals surface area contributed by atoms with E-state index in [1.54, 1.807) is 0 Å². The molecule has 2 heterocycles. The molecule has 1 atom stereocenters. The summed E-state index contributed by atoms with van der Waals surface area (Å²) >= 11 is 0. The molecular formula is C12H22N4O. The summed E-state index contributed by atoms with van der Waals surface area (Å²) in [5.41, 5.74) is 5.73. The van der Waals surface area contributed by atoms with Crippen molar-refractivity contribution in [1.29, 1.82) is 0 Å². The average Bonchev–Trinajstić information content (AvgIpc) is 2.77. The predicted octanol–water partition coefficient (Wildman–Crippen LogP) is 1.19. The molecule has 1 aromatic rings. The van der Waals surface area contributed by atoms with E-state index < -0.39 is 0 Å². The van der Waals surface area contributed by atoms with Crippen molar-refractivity contribution < 1.29 is 4.52 Å². The molecule has 0 bridgehead atoms. The molecule has 5 nitrogen and oxygen atoms in total. The molecule has 1 aromatic heterocycles. The number of nitrogens with two attached hydrogens (primary N) is 1. The monoisotopic (exact) mass is 238 g/mol. The zero-order valence-electron chi connectivity index (χ0n) is 10.6. The van der Waals surface area contributed by atoms with Gasteiger partial charge in [-0.25, -0.2) is 0 Å². The third-order valence-electron chi connectivity index (χ3n) is 3.28. The van der Waals surface area contributed by atoms with E-state index in [0.717, 1.165) is 50.7 Å². The van der Waals surface area contributed by atoms with E-state index in [-0.39, 0.29) is 0 Å². The smallest absolute Gasteiger partial charge is 0.226 e. The minimum atomic E-state index is 0.630. The zero-order valence-corrected chi connectivity index (χ0v) is 10.6. The van der Waals surface area contributed by atoms with Gasteiger partial charge in [0.2, 0.25) is 5.89 Å². The third kappa shape index (κ3) is 3.51. The summed E-state index contributed by atoms with van der Waals surface area (Å²) in [5.74, 6) is 2.20. The molecule has 5 heteroatoms. The van der Waals surface area contributed by atoms with Gasteiger partial charge in [0.1, 0.15) is 0 Å². The van der Waals surface area contributed by atoms with Crippen LogP contribution in [0.3, 0.4) is 0 Å². The van der Waals surface area contributed by atoms with Crippen molar-refractivity contribution in [1.82, 2.24) is 15.0 Å². The van der Waals surface area contributed by atoms with Crippen molar-refractivity contribution >= 4 is 0 Å². The van der Waals surface area contributed by atoms with Gasteiger partial charge in [-0.3, -0.25) is 4.90 Å². The number of likely N-dealkylation sites (tertiary alicyclic amines) is 1. The van der Waals surface area contributed by atoms with Gasteiger partial charge in [-0.05, 0) is 38.3 Å². The quantitative estimate of drug-likeness (QED) is 0.834. The van der Waals surface area contributed by atoms with Gasteiger partial charge >= 0.3 is 0 Å². The third-order valence-corrected chi connectivity index (χ3v) is 3.28. The summed E-state index contributed by atoms with van der Waals surface area (Å²) < 4.78 is 5.19. The van der Waals surface area contributed by atoms with Crippen LogP contribution in [0.15, 0.2) is 4.52 Å². The highest BCUT2D eigenvalue weighted by atomic mass is 16.5. The number of piperidine rings is 1. The highest BCUT2D eigenvalue weighted by molar-refractivity contribution is 4.87. The van der Waals surface area contributed by atoms with Crippen molar-refractivity contribution in [2.45, 2.75) is 39.2 Å². The average molecular weight is 238 g/mol. The fourth-order valence-corrected chi connectivity index (χ4v) is 2.36. The number of aromatic nitrogens is 2. The first-order chi connectivity index (χ1) is 8.31. The Kier molecular flexibility index (Phi) is 4.50. The molecule has 1 fully saturated rings. The van der Waals surface area contributed by atoms with Crippen LogP contribution in [0.5, 0.6) is 0 Å². The Bertz CT molecular complexity index is 339. The van der Waals surface area contributed by atoms with E-state index in [1.165, 1.54) is 12.8 Å². The van der Waals surface area contributed by atoms with E-state index in [1.807, 2.05) is 0 Å². The van der Waals surface area contributed by atoms with Gasteiger partial charge in [-0.1, -0.05) is 12.1 Å².